The second-order valence-electron chi connectivity index (χ2n) is 0. The van der Waals surface area contributed by atoms with Gasteiger partial charge in [-0.2, -0.15) is 0 Å². The van der Waals surface area contributed by atoms with E-state index in [1.54, 1.807) is 0 Å². The zero-order valence-corrected chi connectivity index (χ0v) is 9.67. The van der Waals surface area contributed by atoms with Crippen molar-refractivity contribution in [1.29, 1.82) is 0 Å². The van der Waals surface area contributed by atoms with E-state index in [9.17, 15) is 0 Å². The van der Waals surface area contributed by atoms with E-state index in [0.29, 0.717) is 0 Å². The topological polar surface area (TPSA) is 0 Å². The van der Waals surface area contributed by atoms with E-state index in [1.165, 1.54) is 0 Å². The third-order valence-electron chi connectivity index (χ3n) is 0. The van der Waals surface area contributed by atoms with Crippen LogP contribution >= 0.6 is 0 Å². The summed E-state index contributed by atoms with van der Waals surface area (Å²) in [4.78, 5) is 0. The van der Waals surface area contributed by atoms with E-state index >= 15 is 0 Å². The minimum Gasteiger partial charge on any atom is -0.358 e. The van der Waals surface area contributed by atoms with Crippen LogP contribution < -0.4 is 37.7 Å². The first-order valence-corrected chi connectivity index (χ1v) is 0. The fraction of sp³-hybridized carbons (Fsp3) is 0. The van der Waals surface area contributed by atoms with Crippen molar-refractivity contribution in [2.45, 2.75) is 0 Å². The summed E-state index contributed by atoms with van der Waals surface area (Å²) in [7, 11) is 0. The van der Waals surface area contributed by atoms with Crippen molar-refractivity contribution in [3.63, 3.8) is 0 Å². The van der Waals surface area contributed by atoms with Crippen molar-refractivity contribution >= 4 is 0 Å². The Bertz CT molecular complexity index is 9.65. The van der Waals surface area contributed by atoms with Crippen LogP contribution in [0.2, 0.25) is 0 Å². The van der Waals surface area contributed by atoms with Gasteiger partial charge in [-0.05, 0) is 0 Å². The van der Waals surface area contributed by atoms with Crippen LogP contribution in [0, 0.1) is 29.7 Å². The molecule has 7 heavy (non-hydrogen) atoms. The van der Waals surface area contributed by atoms with E-state index < -0.39 is 0 Å². The third kappa shape index (κ3) is 80.1. The molecular formula is C4H12Li2Zn. The molecule has 0 aliphatic heterocycles. The molecule has 0 aliphatic carbocycles. The van der Waals surface area contributed by atoms with Crippen LogP contribution in [-0.2, 0) is 19.5 Å². The fourth-order valence-electron chi connectivity index (χ4n) is 0. The van der Waals surface area contributed by atoms with Gasteiger partial charge in [0.25, 0.3) is 0 Å². The Kier molecular flexibility index (Phi) is 2560. The van der Waals surface area contributed by atoms with Gasteiger partial charge in [0.2, 0.25) is 0 Å². The molecular weight excluding hydrogens is 127 g/mol. The maximum atomic E-state index is 0. The molecule has 0 aromatic carbocycles. The third-order valence-corrected chi connectivity index (χ3v) is 0. The molecule has 0 unspecified atom stereocenters. The predicted octanol–water partition coefficient (Wildman–Crippen LogP) is -4.19. The SMILES string of the molecule is [CH3-].[CH3-].[CH3-].[CH3-].[Li+].[Li+].[Zn+2]. The Labute approximate surface area is 86.3 Å². The second-order valence-corrected chi connectivity index (χ2v) is 0. The predicted molar refractivity (Wildman–Crippen MR) is 25.7 cm³/mol. The monoisotopic (exact) mass is 138 g/mol. The fourth-order valence-corrected chi connectivity index (χ4v) is 0. The standard InChI is InChI=1S/4CH3.2Li.Zn/h4*1H3;;;/q4*-1;2*+1;+2. The Hall–Kier alpha value is 1.82. The van der Waals surface area contributed by atoms with Crippen LogP contribution in [-0.4, -0.2) is 0 Å². The van der Waals surface area contributed by atoms with Gasteiger partial charge in [0.15, 0.2) is 0 Å². The molecule has 3 heteroatoms. The van der Waals surface area contributed by atoms with Crippen LogP contribution in [0.25, 0.3) is 0 Å². The molecule has 0 atom stereocenters. The van der Waals surface area contributed by atoms with Gasteiger partial charge < -0.3 is 29.7 Å². The summed E-state index contributed by atoms with van der Waals surface area (Å²) in [5.41, 5.74) is 0. The Morgan fingerprint density at radius 1 is 0.429 bits per heavy atom. The summed E-state index contributed by atoms with van der Waals surface area (Å²) in [6, 6.07) is 0. The average molecular weight is 139 g/mol. The van der Waals surface area contributed by atoms with Crippen molar-refractivity contribution in [3.8, 4) is 0 Å². The van der Waals surface area contributed by atoms with Gasteiger partial charge in [0, 0.05) is 0 Å². The van der Waals surface area contributed by atoms with Gasteiger partial charge >= 0.3 is 57.2 Å². The molecule has 0 rings (SSSR count). The number of rotatable bonds is 0. The number of hydrogen-bond acceptors (Lipinski definition) is 0. The first-order chi connectivity index (χ1) is 0. The van der Waals surface area contributed by atoms with Crippen molar-refractivity contribution in [3.05, 3.63) is 29.7 Å². The molecule has 0 saturated carbocycles. The molecule has 0 spiro atoms. The van der Waals surface area contributed by atoms with Crippen molar-refractivity contribution < 1.29 is 57.2 Å². The van der Waals surface area contributed by atoms with E-state index in [0.717, 1.165) is 0 Å². The van der Waals surface area contributed by atoms with E-state index in [1.807, 2.05) is 0 Å². The quantitative estimate of drug-likeness (QED) is 0.236. The molecule has 0 bridgehead atoms. The molecule has 0 heterocycles. The number of hydrogen-bond donors (Lipinski definition) is 0. The maximum absolute atomic E-state index is 0. The molecule has 0 N–H and O–H groups in total. The molecule has 0 amide bonds. The van der Waals surface area contributed by atoms with Crippen molar-refractivity contribution in [2.24, 2.45) is 0 Å². The van der Waals surface area contributed by atoms with Crippen LogP contribution in [0.1, 0.15) is 0 Å². The first kappa shape index (κ1) is 163. The Morgan fingerprint density at radius 3 is 0.429 bits per heavy atom. The van der Waals surface area contributed by atoms with Gasteiger partial charge in [0.05, 0.1) is 0 Å². The van der Waals surface area contributed by atoms with Crippen LogP contribution in [0.3, 0.4) is 0 Å². The molecule has 0 aliphatic rings. The minimum absolute atomic E-state index is 0. The molecule has 0 saturated heterocycles. The maximum Gasteiger partial charge on any atom is 2.00 e. The summed E-state index contributed by atoms with van der Waals surface area (Å²) in [6.07, 6.45) is 0. The van der Waals surface area contributed by atoms with E-state index in [4.69, 9.17) is 0 Å². The molecule has 0 aromatic heterocycles. The van der Waals surface area contributed by atoms with Crippen molar-refractivity contribution in [1.82, 2.24) is 0 Å². The van der Waals surface area contributed by atoms with E-state index in [-0.39, 0.29) is 86.9 Å². The molecule has 0 radical (unpaired) electrons. The normalized spacial score (nSPS) is 0. The average Bonchev–Trinajstić information content (AvgIpc) is 0. The molecule has 0 aromatic rings. The summed E-state index contributed by atoms with van der Waals surface area (Å²) in [5, 5.41) is 0. The molecule has 0 nitrogen and oxygen atoms in total. The molecule has 32 valence electrons. The summed E-state index contributed by atoms with van der Waals surface area (Å²) < 4.78 is 0. The largest absolute Gasteiger partial charge is 2.00 e. The van der Waals surface area contributed by atoms with Crippen LogP contribution in [0.15, 0.2) is 0 Å². The Balaban J connectivity index is 0. The van der Waals surface area contributed by atoms with Gasteiger partial charge in [-0.1, -0.05) is 0 Å². The van der Waals surface area contributed by atoms with Gasteiger partial charge in [-0.25, -0.2) is 0 Å². The van der Waals surface area contributed by atoms with Crippen LogP contribution in [0.4, 0.5) is 0 Å². The minimum atomic E-state index is 0. The van der Waals surface area contributed by atoms with Gasteiger partial charge in [-0.3, -0.25) is 0 Å². The van der Waals surface area contributed by atoms with Gasteiger partial charge in [-0.15, -0.1) is 0 Å². The second kappa shape index (κ2) is 110. The summed E-state index contributed by atoms with van der Waals surface area (Å²) in [6.45, 7) is 0. The summed E-state index contributed by atoms with van der Waals surface area (Å²) >= 11 is 0. The zero-order chi connectivity index (χ0) is 0. The summed E-state index contributed by atoms with van der Waals surface area (Å²) in [5.74, 6) is 0. The van der Waals surface area contributed by atoms with Crippen molar-refractivity contribution in [2.75, 3.05) is 0 Å². The van der Waals surface area contributed by atoms with E-state index in [2.05, 4.69) is 0 Å². The van der Waals surface area contributed by atoms with Gasteiger partial charge in [0.1, 0.15) is 0 Å². The van der Waals surface area contributed by atoms with Crippen LogP contribution in [0.5, 0.6) is 0 Å². The zero-order valence-electron chi connectivity index (χ0n) is 6.71. The smallest absolute Gasteiger partial charge is 0.358 e. The molecule has 0 fully saturated rings. The first-order valence-electron chi connectivity index (χ1n) is 0. The Morgan fingerprint density at radius 2 is 0.429 bits per heavy atom.